The number of azo groups is 4. The van der Waals surface area contributed by atoms with Gasteiger partial charge in [-0.15, -0.1) is 0 Å². The fourth-order valence-electron chi connectivity index (χ4n) is 9.43. The van der Waals surface area contributed by atoms with Gasteiger partial charge in [0.25, 0.3) is 60.7 Å². The Morgan fingerprint density at radius 1 is 0.448 bits per heavy atom. The van der Waals surface area contributed by atoms with E-state index < -0.39 is 137 Å². The molecule has 105 heavy (non-hydrogen) atoms. The number of ketones is 2. The number of nitrogens with zero attached hydrogens (tertiary/aromatic N) is 14. The van der Waals surface area contributed by atoms with Crippen LogP contribution in [0.3, 0.4) is 0 Å². The number of nitrogens with one attached hydrogen (secondary N) is 4. The molecule has 0 saturated carbocycles. The molecule has 0 spiro atoms. The smallest absolute Gasteiger partial charge is 0.354 e. The summed E-state index contributed by atoms with van der Waals surface area (Å²) in [6, 6.07) is 17.9. The predicted octanol–water partition coefficient (Wildman–Crippen LogP) is 0.747. The molecule has 10 rings (SSSR count). The molecule has 0 bridgehead atoms. The maximum absolute atomic E-state index is 14.8. The fourth-order valence-corrected chi connectivity index (χ4v) is 13.1. The van der Waals surface area contributed by atoms with Gasteiger partial charge in [-0.1, -0.05) is 6.92 Å². The van der Waals surface area contributed by atoms with Crippen molar-refractivity contribution < 1.29 is 196 Å². The number of fused-ring (bicyclic) bond motifs is 2. The van der Waals surface area contributed by atoms with E-state index in [1.54, 1.807) is 0 Å². The van der Waals surface area contributed by atoms with E-state index in [0.717, 1.165) is 72.8 Å². The van der Waals surface area contributed by atoms with Crippen LogP contribution < -0.4 is 121 Å². The first-order chi connectivity index (χ1) is 47.8. The molecule has 0 saturated heterocycles. The Bertz CT molecular complexity index is 5690. The summed E-state index contributed by atoms with van der Waals surface area (Å²) in [6.07, 6.45) is 0.197. The zero-order valence-corrected chi connectivity index (χ0v) is 64.1. The van der Waals surface area contributed by atoms with Crippen molar-refractivity contribution >= 4 is 154 Å². The Morgan fingerprint density at radius 2 is 0.810 bits per heavy atom. The predicted molar refractivity (Wildman–Crippen MR) is 352 cm³/mol. The number of aromatic nitrogens is 6. The van der Waals surface area contributed by atoms with Crippen molar-refractivity contribution in [1.29, 1.82) is 0 Å². The van der Waals surface area contributed by atoms with Gasteiger partial charge in [0.1, 0.15) is 31.0 Å². The van der Waals surface area contributed by atoms with Gasteiger partial charge >= 0.3 is 112 Å². The molecule has 0 fully saturated rings. The van der Waals surface area contributed by atoms with E-state index in [-0.39, 0.29) is 199 Å². The number of anilines is 6. The van der Waals surface area contributed by atoms with Crippen LogP contribution in [0, 0.1) is 18.1 Å². The molecule has 2 aliphatic rings. The second kappa shape index (κ2) is 34.5. The van der Waals surface area contributed by atoms with Gasteiger partial charge in [0.2, 0.25) is 23.8 Å². The molecule has 6 aromatic carbocycles. The van der Waals surface area contributed by atoms with Gasteiger partial charge in [0, 0.05) is 35.6 Å². The van der Waals surface area contributed by atoms with Crippen molar-refractivity contribution in [2.45, 2.75) is 51.4 Å². The molecule has 3 atom stereocenters. The zero-order chi connectivity index (χ0) is 73.9. The van der Waals surface area contributed by atoms with Gasteiger partial charge in [-0.25, -0.2) is 0 Å². The summed E-state index contributed by atoms with van der Waals surface area (Å²) >= 11 is 0. The Hall–Kier alpha value is -7.69. The molecule has 49 heteroatoms. The number of carbonyl (C=O) groups excluding carboxylic acids is 2. The van der Waals surface area contributed by atoms with Crippen LogP contribution in [0.2, 0.25) is 0 Å². The van der Waals surface area contributed by atoms with E-state index >= 15 is 0 Å². The van der Waals surface area contributed by atoms with Crippen LogP contribution in [0.5, 0.6) is 0 Å². The third kappa shape index (κ3) is 22.2. The molecular weight excluding hydrogens is 1540 g/mol. The Balaban J connectivity index is 0.00000513. The van der Waals surface area contributed by atoms with Crippen LogP contribution in [0.25, 0.3) is 12.2 Å². The van der Waals surface area contributed by atoms with Crippen LogP contribution in [-0.4, -0.2) is 144 Å². The summed E-state index contributed by atoms with van der Waals surface area (Å²) in [7, 11) is -29.8. The topological polar surface area (TPSA) is 585 Å². The Morgan fingerprint density at radius 3 is 1.18 bits per heavy atom. The number of benzene rings is 6. The first-order valence-electron chi connectivity index (χ1n) is 28.5. The Labute approximate surface area is 670 Å². The largest absolute Gasteiger partial charge is 1.00 e. The van der Waals surface area contributed by atoms with E-state index in [9.17, 15) is 96.2 Å². The van der Waals surface area contributed by atoms with Gasteiger partial charge in [0.15, 0.2) is 23.7 Å². The molecule has 2 aromatic heterocycles. The second-order valence-electron chi connectivity index (χ2n) is 21.5. The summed E-state index contributed by atoms with van der Waals surface area (Å²) in [5.74, 6) is -3.40. The summed E-state index contributed by atoms with van der Waals surface area (Å²) in [6.45, 7) is 2.17. The average Bonchev–Trinajstić information content (AvgIpc) is 0.767. The number of hydrogen-bond donors (Lipinski definition) is 10. The molecule has 0 amide bonds. The van der Waals surface area contributed by atoms with Crippen molar-refractivity contribution in [1.82, 2.24) is 29.9 Å². The van der Waals surface area contributed by atoms with Gasteiger partial charge in [-0.05, 0) is 163 Å². The number of halogens is 2. The Kier molecular flexibility index (Phi) is 27.8. The van der Waals surface area contributed by atoms with Gasteiger partial charge in [-0.2, -0.15) is 130 Å². The fraction of sp³-hybridized carbons (Fsp3) is 0.143. The van der Waals surface area contributed by atoms with Crippen molar-refractivity contribution in [2.24, 2.45) is 46.8 Å². The van der Waals surface area contributed by atoms with E-state index in [2.05, 4.69) is 92.1 Å². The summed E-state index contributed by atoms with van der Waals surface area (Å²) < 4.78 is 234. The zero-order valence-electron chi connectivity index (χ0n) is 54.1. The van der Waals surface area contributed by atoms with E-state index in [4.69, 9.17) is 0 Å². The van der Waals surface area contributed by atoms with Crippen molar-refractivity contribution in [3.8, 4) is 0 Å². The van der Waals surface area contributed by atoms with Crippen LogP contribution in [0.1, 0.15) is 51.6 Å². The van der Waals surface area contributed by atoms with Gasteiger partial charge in [-0.3, -0.25) is 36.9 Å². The normalized spacial score (nSPS) is 15.2. The molecule has 2 heterocycles. The molecule has 10 N–H and O–H groups in total. The summed E-state index contributed by atoms with van der Waals surface area (Å²) in [4.78, 5) is 45.8. The molecule has 0 aliphatic heterocycles. The third-order valence-electron chi connectivity index (χ3n) is 14.2. The minimum Gasteiger partial charge on any atom is -0.354 e. The number of hydrogen-bond acceptors (Lipinski definition) is 32. The number of Topliss-reactive ketones (excluding diaryl/α,β-unsaturated/α-hetero) is 2. The minimum atomic E-state index is -5.25. The van der Waals surface area contributed by atoms with Crippen LogP contribution in [-0.2, 0) is 60.7 Å². The number of carbonyl (C=O) groups is 2. The van der Waals surface area contributed by atoms with Crippen LogP contribution >= 0.6 is 0 Å². The average molecular weight is 1590 g/mol. The molecule has 530 valence electrons. The number of rotatable bonds is 26. The molecule has 0 radical (unpaired) electrons. The monoisotopic (exact) mass is 1590 g/mol. The standard InChI is InChI=1S/C56H46F2N18O20S6.K.Li.Na/c1-28(27-60-54-64-52(58)66-56(68-54)62-34-9-17-40-30(22-34)24-46(102(94,95)96)48(50(40)78)76-74-42-19-11-36(26-44(42)100(88,89)90)72-70-32-6-14-38(15-7-32)98(82,83)84)3-2-20-59-53-63-51(57)65-55(67-53)61-33-8-16-39-29(21-33)23-45(101(91,92)93)47(49(39)77)75-73-41-18-10-35(25-43(41)99(85,86)87)71-69-31-4-12-37(13-5-31)97(79,80)81;;;/h4-19,21-26,28,47-48H,2-3,20,27H2,1H3,(H,79,80,81)(H,82,83,84)(H,85,86,87)(H,88,89,90)(H,91,92,93)(H,94,95,96)(H2,59,61,63,65,67)(H2,60,62,64,66,68);;;/q;3*+1. The molecule has 8 aromatic rings. The van der Waals surface area contributed by atoms with Gasteiger partial charge in [0.05, 0.1) is 32.5 Å². The van der Waals surface area contributed by atoms with Crippen molar-refractivity contribution in [2.75, 3.05) is 34.4 Å². The van der Waals surface area contributed by atoms with E-state index in [0.29, 0.717) is 12.8 Å². The third-order valence-corrected chi connectivity index (χ3v) is 19.6. The minimum absolute atomic E-state index is 0. The molecule has 38 nitrogen and oxygen atoms in total. The van der Waals surface area contributed by atoms with Crippen molar-refractivity contribution in [3.05, 3.63) is 166 Å². The van der Waals surface area contributed by atoms with Crippen LogP contribution in [0.15, 0.2) is 192 Å². The molecular formula is C56H46F2KLiN18NaO20S6+3. The maximum atomic E-state index is 14.8. The second-order valence-corrected chi connectivity index (χ2v) is 30.0. The maximum Gasteiger partial charge on any atom is 1.00 e. The molecule has 3 unspecified atom stereocenters. The van der Waals surface area contributed by atoms with E-state index in [1.807, 2.05) is 6.92 Å². The summed E-state index contributed by atoms with van der Waals surface area (Å²) in [5.41, 5.74) is -1.87. The SMILES string of the molecule is CC(CCCNc1nc(F)nc(Nc2ccc3c(c2)C=C(S(=O)(=O)O)C(N=Nc2ccc(N=Nc4ccc(S(=O)(=O)O)cc4)cc2S(=O)(=O)O)C3=O)n1)CNc1nc(F)nc(Nc2ccc3c(c2)C=C(S(=O)(=O)O)C(N=Nc2ccc(N=Nc4ccc(S(=O)(=O)O)cc4)cc2S(=O)(=O)O)C3=O)n1.[K+].[Li+].[Na+]. The quantitative estimate of drug-likeness (QED) is 0.0155. The van der Waals surface area contributed by atoms with Gasteiger partial charge < -0.3 is 21.3 Å². The van der Waals surface area contributed by atoms with E-state index in [1.165, 1.54) is 60.7 Å². The first-order valence-corrected chi connectivity index (χ1v) is 37.1. The first kappa shape index (κ1) is 84.6. The molecule has 2 aliphatic carbocycles. The summed E-state index contributed by atoms with van der Waals surface area (Å²) in [5, 5.41) is 41.5. The van der Waals surface area contributed by atoms with Crippen LogP contribution in [0.4, 0.5) is 78.1 Å². The van der Waals surface area contributed by atoms with Crippen molar-refractivity contribution in [3.63, 3.8) is 0 Å².